The maximum atomic E-state index is 6.40. The second-order valence-corrected chi connectivity index (χ2v) is 26.0. The van der Waals surface area contributed by atoms with Crippen LogP contribution in [-0.2, 0) is 6.42 Å². The van der Waals surface area contributed by atoms with Gasteiger partial charge in [-0.3, -0.25) is 0 Å². The molecule has 20 aromatic rings. The van der Waals surface area contributed by atoms with Gasteiger partial charge < -0.3 is 13.7 Å². The van der Waals surface area contributed by atoms with Crippen LogP contribution in [0.3, 0.4) is 0 Å². The van der Waals surface area contributed by atoms with Gasteiger partial charge in [-0.25, -0.2) is 0 Å². The molecule has 0 spiro atoms. The highest BCUT2D eigenvalue weighted by Crippen LogP contribution is 2.46. The summed E-state index contributed by atoms with van der Waals surface area (Å²) in [6.07, 6.45) is 0.887. The van der Waals surface area contributed by atoms with Crippen LogP contribution in [0.5, 0.6) is 0 Å². The molecule has 98 heavy (non-hydrogen) atoms. The number of fused-ring (bicyclic) bond motifs is 18. The largest absolute Gasteiger partial charge is 0.456 e. The number of nitrogens with zero attached hydrogens (tertiary/aromatic N) is 1. The van der Waals surface area contributed by atoms with Crippen molar-refractivity contribution in [3.8, 4) is 22.3 Å². The minimum absolute atomic E-state index is 0. The van der Waals surface area contributed by atoms with Crippen LogP contribution in [0.4, 0.5) is 17.1 Å². The molecule has 2 heterocycles. The highest BCUT2D eigenvalue weighted by molar-refractivity contribution is 9.10. The highest BCUT2D eigenvalue weighted by Gasteiger charge is 2.21. The van der Waals surface area contributed by atoms with E-state index in [-0.39, 0.29) is 7.43 Å². The van der Waals surface area contributed by atoms with Gasteiger partial charge in [0.25, 0.3) is 0 Å². The van der Waals surface area contributed by atoms with Gasteiger partial charge in [-0.1, -0.05) is 296 Å². The number of halogens is 1. The first-order valence-electron chi connectivity index (χ1n) is 33.1. The maximum absolute atomic E-state index is 6.40. The summed E-state index contributed by atoms with van der Waals surface area (Å²) in [6, 6.07) is 126. The summed E-state index contributed by atoms with van der Waals surface area (Å²) in [6.45, 7) is 0. The third-order valence-electron chi connectivity index (χ3n) is 19.4. The molecule has 0 unspecified atom stereocenters. The van der Waals surface area contributed by atoms with Crippen LogP contribution in [0, 0.1) is 0 Å². The first-order valence-corrected chi connectivity index (χ1v) is 33.9. The average Bonchev–Trinajstić information content (AvgIpc) is 1.24. The maximum Gasteiger partial charge on any atom is 0.137 e. The molecule has 0 aliphatic heterocycles. The van der Waals surface area contributed by atoms with Crippen LogP contribution < -0.4 is 4.90 Å². The SMILES string of the molecule is Brc1ccc(-c2cc3ccccc3c3ccccc23)cc1.C.c1ccc2c(c1)cc(-c1ccc(N(c3ccc4c(c3)oc3ccccc34)c3cc4ccccc4c4ccccc34)cc1)c1ccccc12.c1ccc2c(c1)cc(Cc1ccc3c(c1)oc1ccccc13)c1ccccc12. The van der Waals surface area contributed by atoms with Gasteiger partial charge in [0.1, 0.15) is 22.3 Å². The molecule has 0 amide bonds. The molecule has 464 valence electrons. The van der Waals surface area contributed by atoms with Crippen molar-refractivity contribution in [2.24, 2.45) is 0 Å². The molecule has 0 saturated carbocycles. The number of anilines is 3. The molecule has 0 aliphatic rings. The molecule has 0 bridgehead atoms. The smallest absolute Gasteiger partial charge is 0.137 e. The molecule has 0 fully saturated rings. The number of furan rings is 2. The Bertz CT molecular complexity index is 6440. The van der Waals surface area contributed by atoms with Crippen molar-refractivity contribution >= 4 is 163 Å². The molecule has 4 heteroatoms. The standard InChI is InChI=1S/C46H29NO.C27H18O.C20H13Br.CH4/c1-3-13-35-31(11-1)27-43(39-17-6-5-15-37(35)39)30-21-23-33(24-22-30)47(34-25-26-42-41-19-9-10-20-45(41)48-46(42)29-34)44-28-32-12-2-4-14-36(32)38-16-7-8-18-40(38)44;1-2-8-21-19(7-1)17-20(22-9-3-4-10-23(21)22)15-18-13-14-25-24-11-5-6-12-26(24)28-27(25)16-18;21-16-11-9-14(10-12-16)20-13-15-5-1-2-6-17(15)18-7-3-4-8-19(18)20;/h1-29H;1-14,16-17H,15H2;1-13H;1H4. The third kappa shape index (κ3) is 10.7. The van der Waals surface area contributed by atoms with Crippen molar-refractivity contribution in [3.63, 3.8) is 0 Å². The lowest BCUT2D eigenvalue weighted by atomic mass is 9.93. The Hall–Kier alpha value is -12.1. The molecule has 3 nitrogen and oxygen atoms in total. The topological polar surface area (TPSA) is 29.5 Å². The summed E-state index contributed by atoms with van der Waals surface area (Å²) in [5, 5.41) is 25.1. The number of benzene rings is 18. The average molecular weight is 1320 g/mol. The summed E-state index contributed by atoms with van der Waals surface area (Å²) in [5.74, 6) is 0. The van der Waals surface area contributed by atoms with Crippen LogP contribution in [0.15, 0.2) is 365 Å². The third-order valence-corrected chi connectivity index (χ3v) is 20.0. The summed E-state index contributed by atoms with van der Waals surface area (Å²) in [4.78, 5) is 2.38. The lowest BCUT2D eigenvalue weighted by Crippen LogP contribution is -2.10. The van der Waals surface area contributed by atoms with Crippen molar-refractivity contribution in [2.45, 2.75) is 13.8 Å². The van der Waals surface area contributed by atoms with Crippen molar-refractivity contribution < 1.29 is 8.83 Å². The Kier molecular flexibility index (Phi) is 15.4. The molecular formula is C94H64BrNO2. The van der Waals surface area contributed by atoms with E-state index in [1.807, 2.05) is 24.3 Å². The number of hydrogen-bond donors (Lipinski definition) is 0. The Morgan fingerprint density at radius 3 is 1.10 bits per heavy atom. The van der Waals surface area contributed by atoms with Crippen molar-refractivity contribution in [1.29, 1.82) is 0 Å². The quantitative estimate of drug-likeness (QED) is 0.149. The van der Waals surface area contributed by atoms with Gasteiger partial charge in [0.2, 0.25) is 0 Å². The lowest BCUT2D eigenvalue weighted by molar-refractivity contribution is 0.668. The van der Waals surface area contributed by atoms with E-state index in [2.05, 4.69) is 348 Å². The fourth-order valence-electron chi connectivity index (χ4n) is 14.9. The summed E-state index contributed by atoms with van der Waals surface area (Å²) in [7, 11) is 0. The van der Waals surface area contributed by atoms with E-state index in [0.29, 0.717) is 0 Å². The highest BCUT2D eigenvalue weighted by atomic mass is 79.9. The summed E-state index contributed by atoms with van der Waals surface area (Å²) in [5.41, 5.74) is 14.5. The first kappa shape index (κ1) is 59.6. The number of para-hydroxylation sites is 2. The van der Waals surface area contributed by atoms with E-state index in [4.69, 9.17) is 8.83 Å². The van der Waals surface area contributed by atoms with Gasteiger partial charge in [0.15, 0.2) is 0 Å². The van der Waals surface area contributed by atoms with Crippen LogP contribution in [0.25, 0.3) is 152 Å². The number of rotatable bonds is 7. The molecule has 2 aromatic heterocycles. The molecule has 20 rings (SSSR count). The minimum Gasteiger partial charge on any atom is -0.456 e. The van der Waals surface area contributed by atoms with E-state index >= 15 is 0 Å². The first-order chi connectivity index (χ1) is 48.0. The molecule has 0 atom stereocenters. The van der Waals surface area contributed by atoms with Crippen LogP contribution >= 0.6 is 15.9 Å². The summed E-state index contributed by atoms with van der Waals surface area (Å²) < 4.78 is 13.6. The Morgan fingerprint density at radius 1 is 0.245 bits per heavy atom. The van der Waals surface area contributed by atoms with Gasteiger partial charge >= 0.3 is 0 Å². The monoisotopic (exact) mass is 1320 g/mol. The Morgan fingerprint density at radius 2 is 0.592 bits per heavy atom. The predicted octanol–water partition coefficient (Wildman–Crippen LogP) is 27.9. The zero-order valence-corrected chi connectivity index (χ0v) is 54.4. The van der Waals surface area contributed by atoms with Crippen LogP contribution in [0.2, 0.25) is 0 Å². The van der Waals surface area contributed by atoms with Gasteiger partial charge in [0, 0.05) is 48.8 Å². The van der Waals surface area contributed by atoms with Gasteiger partial charge in [-0.2, -0.15) is 0 Å². The zero-order chi connectivity index (χ0) is 64.3. The van der Waals surface area contributed by atoms with Crippen molar-refractivity contribution in [3.05, 3.63) is 367 Å². The van der Waals surface area contributed by atoms with Crippen LogP contribution in [0.1, 0.15) is 18.6 Å². The molecule has 0 aliphatic carbocycles. The molecule has 18 aromatic carbocycles. The van der Waals surface area contributed by atoms with Crippen molar-refractivity contribution in [2.75, 3.05) is 4.90 Å². The van der Waals surface area contributed by atoms with E-state index in [1.54, 1.807) is 0 Å². The van der Waals surface area contributed by atoms with E-state index in [0.717, 1.165) is 61.1 Å². The van der Waals surface area contributed by atoms with E-state index in [9.17, 15) is 0 Å². The molecule has 0 N–H and O–H groups in total. The second kappa shape index (κ2) is 25.2. The lowest BCUT2D eigenvalue weighted by Gasteiger charge is -2.28. The fraction of sp³-hybridized carbons (Fsp3) is 0.0213. The predicted molar refractivity (Wildman–Crippen MR) is 423 cm³/mol. The molecule has 0 saturated heterocycles. The normalized spacial score (nSPS) is 11.5. The summed E-state index contributed by atoms with van der Waals surface area (Å²) >= 11 is 3.51. The molecular weight excluding hydrogens is 1250 g/mol. The van der Waals surface area contributed by atoms with E-state index < -0.39 is 0 Å². The van der Waals surface area contributed by atoms with Gasteiger partial charge in [-0.15, -0.1) is 0 Å². The Balaban J connectivity index is 0.000000122. The fourth-order valence-corrected chi connectivity index (χ4v) is 15.1. The van der Waals surface area contributed by atoms with Gasteiger partial charge in [-0.05, 0) is 193 Å². The number of hydrogen-bond acceptors (Lipinski definition) is 3. The zero-order valence-electron chi connectivity index (χ0n) is 52.8. The van der Waals surface area contributed by atoms with Crippen molar-refractivity contribution in [1.82, 2.24) is 0 Å². The Labute approximate surface area is 576 Å². The minimum atomic E-state index is 0. The van der Waals surface area contributed by atoms with Crippen LogP contribution in [-0.4, -0.2) is 0 Å². The second-order valence-electron chi connectivity index (χ2n) is 25.1. The van der Waals surface area contributed by atoms with E-state index in [1.165, 1.54) is 130 Å². The molecule has 0 radical (unpaired) electrons. The van der Waals surface area contributed by atoms with Gasteiger partial charge in [0.05, 0.1) is 5.69 Å².